The number of hydrogen-bond donors (Lipinski definition) is 2. The number of ether oxygens (including phenoxy) is 1. The molecule has 0 saturated heterocycles. The zero-order chi connectivity index (χ0) is 18.7. The molecule has 26 heavy (non-hydrogen) atoms. The summed E-state index contributed by atoms with van der Waals surface area (Å²) < 4.78 is 9.90. The van der Waals surface area contributed by atoms with Crippen molar-refractivity contribution in [2.45, 2.75) is 32.9 Å². The molecule has 0 atom stereocenters. The van der Waals surface area contributed by atoms with E-state index in [0.717, 1.165) is 10.6 Å². The fourth-order valence-electron chi connectivity index (χ4n) is 2.10. The largest absolute Gasteiger partial charge is 0.442 e. The molecule has 2 aromatic heterocycles. The quantitative estimate of drug-likeness (QED) is 0.409. The van der Waals surface area contributed by atoms with E-state index in [-0.39, 0.29) is 22.9 Å². The van der Waals surface area contributed by atoms with Crippen LogP contribution in [0.4, 0.5) is 16.4 Å². The van der Waals surface area contributed by atoms with E-state index < -0.39 is 11.7 Å². The maximum absolute atomic E-state index is 12.3. The highest BCUT2D eigenvalue weighted by atomic mass is 16.6. The number of nitrogens with zero attached hydrogens (tertiary/aromatic N) is 5. The van der Waals surface area contributed by atoms with Crippen molar-refractivity contribution < 1.29 is 14.2 Å². The second-order valence-corrected chi connectivity index (χ2v) is 6.50. The Bertz CT molecular complexity index is 905. The Labute approximate surface area is 149 Å². The first-order valence-electron chi connectivity index (χ1n) is 7.89. The summed E-state index contributed by atoms with van der Waals surface area (Å²) in [6.45, 7) is 5.67. The van der Waals surface area contributed by atoms with Crippen LogP contribution in [0, 0.1) is 0 Å². The summed E-state index contributed by atoms with van der Waals surface area (Å²) in [7, 11) is 0. The molecule has 0 bridgehead atoms. The van der Waals surface area contributed by atoms with Crippen molar-refractivity contribution in [1.29, 1.82) is 0 Å². The van der Waals surface area contributed by atoms with Gasteiger partial charge in [-0.05, 0) is 36.6 Å². The molecule has 136 valence electrons. The minimum absolute atomic E-state index is 0.0541. The van der Waals surface area contributed by atoms with Crippen LogP contribution in [-0.4, -0.2) is 32.0 Å². The number of nitrogens with one attached hydrogen (secondary N) is 1. The predicted molar refractivity (Wildman–Crippen MR) is 94.1 cm³/mol. The van der Waals surface area contributed by atoms with E-state index in [0.29, 0.717) is 6.54 Å². The van der Waals surface area contributed by atoms with Gasteiger partial charge in [-0.15, -0.1) is 0 Å². The molecule has 0 saturated carbocycles. The molecule has 1 aromatic carbocycles. The number of fused-ring (bicyclic) bond motifs is 1. The molecule has 0 aliphatic carbocycles. The van der Waals surface area contributed by atoms with Gasteiger partial charge in [0.25, 0.3) is 0 Å². The van der Waals surface area contributed by atoms with Crippen LogP contribution in [0.1, 0.15) is 26.3 Å². The number of carbonyl (C=O) groups excluding carboxylic acids is 1. The topological polar surface area (TPSA) is 132 Å². The third kappa shape index (κ3) is 4.03. The first-order valence-corrected chi connectivity index (χ1v) is 7.89. The van der Waals surface area contributed by atoms with Crippen LogP contribution in [0.2, 0.25) is 0 Å². The fourth-order valence-corrected chi connectivity index (χ4v) is 2.10. The number of rotatable bonds is 4. The summed E-state index contributed by atoms with van der Waals surface area (Å²) in [5.41, 5.74) is 0.630. The molecular formula is C16H19N7O3. The van der Waals surface area contributed by atoms with E-state index >= 15 is 0 Å². The van der Waals surface area contributed by atoms with Crippen molar-refractivity contribution in [2.24, 2.45) is 5.84 Å². The number of carbonyl (C=O) groups is 1. The monoisotopic (exact) mass is 357 g/mol. The minimum Gasteiger partial charge on any atom is -0.442 e. The second-order valence-electron chi connectivity index (χ2n) is 6.50. The Morgan fingerprint density at radius 2 is 1.85 bits per heavy atom. The number of nitrogens with two attached hydrogens (primary N) is 1. The van der Waals surface area contributed by atoms with Gasteiger partial charge in [-0.25, -0.2) is 20.3 Å². The smallest absolute Gasteiger partial charge is 0.430 e. The number of benzene rings is 1. The Morgan fingerprint density at radius 1 is 1.19 bits per heavy atom. The lowest BCUT2D eigenvalue weighted by Crippen LogP contribution is -2.42. The van der Waals surface area contributed by atoms with Gasteiger partial charge in [0.15, 0.2) is 11.6 Å². The lowest BCUT2D eigenvalue weighted by molar-refractivity contribution is 0.0579. The number of aromatic nitrogens is 4. The normalized spacial score (nSPS) is 11.4. The Balaban J connectivity index is 1.90. The van der Waals surface area contributed by atoms with Gasteiger partial charge in [0, 0.05) is 6.54 Å². The summed E-state index contributed by atoms with van der Waals surface area (Å²) in [5.74, 6) is 6.22. The van der Waals surface area contributed by atoms with Crippen molar-refractivity contribution in [3.63, 3.8) is 0 Å². The number of amides is 1. The molecule has 0 unspecified atom stereocenters. The van der Waals surface area contributed by atoms with Gasteiger partial charge < -0.3 is 10.1 Å². The van der Waals surface area contributed by atoms with E-state index in [1.165, 1.54) is 0 Å². The van der Waals surface area contributed by atoms with Crippen LogP contribution in [0.25, 0.3) is 11.3 Å². The molecule has 0 spiro atoms. The molecular weight excluding hydrogens is 338 g/mol. The van der Waals surface area contributed by atoms with Gasteiger partial charge in [-0.3, -0.25) is 0 Å². The highest BCUT2D eigenvalue weighted by Crippen LogP contribution is 2.24. The zero-order valence-corrected chi connectivity index (χ0v) is 14.6. The van der Waals surface area contributed by atoms with Crippen LogP contribution in [0.15, 0.2) is 35.0 Å². The van der Waals surface area contributed by atoms with Crippen LogP contribution < -0.4 is 16.2 Å². The van der Waals surface area contributed by atoms with Crippen LogP contribution in [0.5, 0.6) is 0 Å². The van der Waals surface area contributed by atoms with Gasteiger partial charge >= 0.3 is 6.09 Å². The highest BCUT2D eigenvalue weighted by Gasteiger charge is 2.26. The maximum Gasteiger partial charge on any atom is 0.430 e. The van der Waals surface area contributed by atoms with Crippen LogP contribution >= 0.6 is 0 Å². The Hall–Kier alpha value is -3.27. The summed E-state index contributed by atoms with van der Waals surface area (Å²) in [5, 5.41) is 11.2. The van der Waals surface area contributed by atoms with E-state index in [1.54, 1.807) is 20.8 Å². The zero-order valence-electron chi connectivity index (χ0n) is 14.6. The lowest BCUT2D eigenvalue weighted by Gasteiger charge is -2.24. The predicted octanol–water partition coefficient (Wildman–Crippen LogP) is 2.24. The molecule has 10 heteroatoms. The summed E-state index contributed by atoms with van der Waals surface area (Å²) in [6, 6.07) is 9.66. The Kier molecular flexibility index (Phi) is 4.67. The molecule has 0 aliphatic rings. The van der Waals surface area contributed by atoms with Gasteiger partial charge in [-0.1, -0.05) is 30.3 Å². The van der Waals surface area contributed by atoms with E-state index in [4.69, 9.17) is 10.6 Å². The number of anilines is 2. The maximum atomic E-state index is 12.3. The molecule has 3 rings (SSSR count). The van der Waals surface area contributed by atoms with Crippen LogP contribution in [-0.2, 0) is 11.3 Å². The van der Waals surface area contributed by atoms with Crippen LogP contribution in [0.3, 0.4) is 0 Å². The number of hydrogen-bond acceptors (Lipinski definition) is 9. The number of hydrazine groups is 1. The van der Waals surface area contributed by atoms with Crippen molar-refractivity contribution in [1.82, 2.24) is 20.3 Å². The lowest BCUT2D eigenvalue weighted by atomic mass is 10.2. The van der Waals surface area contributed by atoms with Gasteiger partial charge in [0.2, 0.25) is 11.3 Å². The summed E-state index contributed by atoms with van der Waals surface area (Å²) >= 11 is 0. The minimum atomic E-state index is -0.773. The third-order valence-corrected chi connectivity index (χ3v) is 3.22. The highest BCUT2D eigenvalue weighted by molar-refractivity contribution is 5.90. The third-order valence-electron chi connectivity index (χ3n) is 3.22. The standard InChI is InChI=1S/C16H19N7O3/c1-16(2,3)25-15(24)23(17)14-13(18-9-10-7-5-4-6-8-10)19-11-12(20-14)22-26-21-11/h4-8H,9,17H2,1-3H3,(H,18,19,21). The first kappa shape index (κ1) is 17.5. The van der Waals surface area contributed by atoms with E-state index in [9.17, 15) is 4.79 Å². The summed E-state index contributed by atoms with van der Waals surface area (Å²) in [6.07, 6.45) is -0.773. The van der Waals surface area contributed by atoms with E-state index in [2.05, 4.69) is 30.2 Å². The second kappa shape index (κ2) is 6.92. The molecule has 0 fully saturated rings. The first-order chi connectivity index (χ1) is 12.3. The summed E-state index contributed by atoms with van der Waals surface area (Å²) in [4.78, 5) is 20.8. The molecule has 10 nitrogen and oxygen atoms in total. The van der Waals surface area contributed by atoms with Crippen molar-refractivity contribution >= 4 is 29.0 Å². The van der Waals surface area contributed by atoms with Gasteiger partial charge in [-0.2, -0.15) is 9.99 Å². The van der Waals surface area contributed by atoms with Gasteiger partial charge in [0.05, 0.1) is 0 Å². The molecule has 1 amide bonds. The molecule has 3 aromatic rings. The average Bonchev–Trinajstić information content (AvgIpc) is 3.05. The van der Waals surface area contributed by atoms with E-state index in [1.807, 2.05) is 30.3 Å². The fraction of sp³-hybridized carbons (Fsp3) is 0.312. The average molecular weight is 357 g/mol. The van der Waals surface area contributed by atoms with Crippen molar-refractivity contribution in [3.05, 3.63) is 35.9 Å². The molecule has 2 heterocycles. The van der Waals surface area contributed by atoms with Crippen molar-refractivity contribution in [3.8, 4) is 0 Å². The molecule has 0 aliphatic heterocycles. The molecule has 0 radical (unpaired) electrons. The molecule has 3 N–H and O–H groups in total. The Morgan fingerprint density at radius 3 is 2.50 bits per heavy atom. The van der Waals surface area contributed by atoms with Crippen molar-refractivity contribution in [2.75, 3.05) is 10.3 Å². The SMILES string of the molecule is CC(C)(C)OC(=O)N(N)c1nc2nonc2nc1NCc1ccccc1. The van der Waals surface area contributed by atoms with Gasteiger partial charge in [0.1, 0.15) is 5.60 Å².